The van der Waals surface area contributed by atoms with Gasteiger partial charge in [-0.3, -0.25) is 5.43 Å². The second-order valence-electron chi connectivity index (χ2n) is 5.69. The van der Waals surface area contributed by atoms with Gasteiger partial charge < -0.3 is 0 Å². The average Bonchev–Trinajstić information content (AvgIpc) is 3.09. The van der Waals surface area contributed by atoms with Gasteiger partial charge in [-0.1, -0.05) is 73.5 Å². The maximum absolute atomic E-state index is 4.64. The van der Waals surface area contributed by atoms with E-state index < -0.39 is 0 Å². The second-order valence-corrected chi connectivity index (χ2v) is 6.55. The third kappa shape index (κ3) is 4.09. The van der Waals surface area contributed by atoms with E-state index in [1.807, 2.05) is 18.2 Å². The number of aryl methyl sites for hydroxylation is 1. The van der Waals surface area contributed by atoms with Crippen LogP contribution in [0.3, 0.4) is 0 Å². The summed E-state index contributed by atoms with van der Waals surface area (Å²) < 4.78 is 0. The highest BCUT2D eigenvalue weighted by molar-refractivity contribution is 7.14. The van der Waals surface area contributed by atoms with Crippen molar-refractivity contribution in [2.45, 2.75) is 26.7 Å². The fourth-order valence-electron chi connectivity index (χ4n) is 2.43. The van der Waals surface area contributed by atoms with Crippen molar-refractivity contribution in [2.24, 2.45) is 5.10 Å². The van der Waals surface area contributed by atoms with E-state index in [1.165, 1.54) is 5.56 Å². The standard InChI is InChI=1S/C20H21N3S/c1-3-7-18(16-8-5-4-6-9-16)22-23-20-21-19(14-24-20)17-12-10-15(2)11-13-17/h4-6,8-14H,3,7H2,1-2H3,(H,21,23)/b22-18+. The van der Waals surface area contributed by atoms with Crippen LogP contribution in [0.15, 0.2) is 65.1 Å². The molecule has 0 spiro atoms. The molecule has 0 amide bonds. The minimum Gasteiger partial charge on any atom is -0.252 e. The SMILES string of the molecule is CCC/C(=N\Nc1nc(-c2ccc(C)cc2)cs1)c1ccccc1. The van der Waals surface area contributed by atoms with Gasteiger partial charge in [0, 0.05) is 10.9 Å². The van der Waals surface area contributed by atoms with Gasteiger partial charge in [0.1, 0.15) is 0 Å². The summed E-state index contributed by atoms with van der Waals surface area (Å²) in [6.07, 6.45) is 2.00. The molecule has 0 saturated carbocycles. The molecule has 0 aliphatic carbocycles. The molecule has 0 saturated heterocycles. The number of nitrogens with one attached hydrogen (secondary N) is 1. The lowest BCUT2D eigenvalue weighted by atomic mass is 10.1. The van der Waals surface area contributed by atoms with E-state index in [-0.39, 0.29) is 0 Å². The van der Waals surface area contributed by atoms with Crippen LogP contribution in [-0.2, 0) is 0 Å². The third-order valence-corrected chi connectivity index (χ3v) is 4.48. The first-order valence-electron chi connectivity index (χ1n) is 8.17. The van der Waals surface area contributed by atoms with Crippen molar-refractivity contribution >= 4 is 22.2 Å². The lowest BCUT2D eigenvalue weighted by Crippen LogP contribution is -2.04. The molecule has 1 N–H and O–H groups in total. The monoisotopic (exact) mass is 335 g/mol. The van der Waals surface area contributed by atoms with Crippen LogP contribution in [0.5, 0.6) is 0 Å². The fourth-order valence-corrected chi connectivity index (χ4v) is 3.09. The third-order valence-electron chi connectivity index (χ3n) is 3.73. The van der Waals surface area contributed by atoms with Crippen molar-refractivity contribution in [1.29, 1.82) is 0 Å². The van der Waals surface area contributed by atoms with Crippen LogP contribution in [0, 0.1) is 6.92 Å². The number of nitrogens with zero attached hydrogens (tertiary/aromatic N) is 2. The van der Waals surface area contributed by atoms with Crippen molar-refractivity contribution in [3.8, 4) is 11.3 Å². The Hall–Kier alpha value is -2.46. The highest BCUT2D eigenvalue weighted by Gasteiger charge is 2.06. The molecule has 122 valence electrons. The van der Waals surface area contributed by atoms with Gasteiger partial charge >= 0.3 is 0 Å². The molecule has 0 bridgehead atoms. The Morgan fingerprint density at radius 3 is 2.54 bits per heavy atom. The Kier molecular flexibility index (Phi) is 5.39. The lowest BCUT2D eigenvalue weighted by Gasteiger charge is -2.05. The predicted octanol–water partition coefficient (Wildman–Crippen LogP) is 5.73. The summed E-state index contributed by atoms with van der Waals surface area (Å²) in [4.78, 5) is 4.64. The Labute approximate surface area is 147 Å². The quantitative estimate of drug-likeness (QED) is 0.461. The highest BCUT2D eigenvalue weighted by atomic mass is 32.1. The van der Waals surface area contributed by atoms with Crippen molar-refractivity contribution in [3.05, 3.63) is 71.1 Å². The van der Waals surface area contributed by atoms with Crippen LogP contribution in [0.4, 0.5) is 5.13 Å². The molecule has 0 atom stereocenters. The average molecular weight is 335 g/mol. The summed E-state index contributed by atoms with van der Waals surface area (Å²) in [7, 11) is 0. The molecule has 3 rings (SSSR count). The molecule has 1 aromatic heterocycles. The number of hydrazone groups is 1. The molecule has 24 heavy (non-hydrogen) atoms. The Morgan fingerprint density at radius 2 is 1.83 bits per heavy atom. The van der Waals surface area contributed by atoms with Crippen molar-refractivity contribution in [2.75, 3.05) is 5.43 Å². The molecule has 0 aliphatic rings. The molecule has 0 aliphatic heterocycles. The Balaban J connectivity index is 1.76. The summed E-state index contributed by atoms with van der Waals surface area (Å²) in [5.41, 5.74) is 8.71. The maximum Gasteiger partial charge on any atom is 0.203 e. The number of rotatable bonds is 6. The highest BCUT2D eigenvalue weighted by Crippen LogP contribution is 2.25. The normalized spacial score (nSPS) is 11.5. The first-order chi connectivity index (χ1) is 11.8. The smallest absolute Gasteiger partial charge is 0.203 e. The summed E-state index contributed by atoms with van der Waals surface area (Å²) in [5, 5.41) is 7.46. The van der Waals surface area contributed by atoms with Gasteiger partial charge in [-0.05, 0) is 18.9 Å². The van der Waals surface area contributed by atoms with E-state index >= 15 is 0 Å². The van der Waals surface area contributed by atoms with Crippen LogP contribution in [0.25, 0.3) is 11.3 Å². The van der Waals surface area contributed by atoms with Gasteiger partial charge in [0.2, 0.25) is 5.13 Å². The van der Waals surface area contributed by atoms with E-state index in [0.717, 1.165) is 40.5 Å². The van der Waals surface area contributed by atoms with E-state index in [9.17, 15) is 0 Å². The van der Waals surface area contributed by atoms with Crippen LogP contribution in [0.2, 0.25) is 0 Å². The van der Waals surface area contributed by atoms with E-state index in [2.05, 4.69) is 71.1 Å². The topological polar surface area (TPSA) is 37.3 Å². The van der Waals surface area contributed by atoms with Gasteiger partial charge in [0.15, 0.2) is 0 Å². The molecule has 3 nitrogen and oxygen atoms in total. The van der Waals surface area contributed by atoms with Gasteiger partial charge in [0.25, 0.3) is 0 Å². The predicted molar refractivity (Wildman–Crippen MR) is 104 cm³/mol. The maximum atomic E-state index is 4.64. The summed E-state index contributed by atoms with van der Waals surface area (Å²) in [6, 6.07) is 18.7. The Morgan fingerprint density at radius 1 is 1.08 bits per heavy atom. The zero-order valence-corrected chi connectivity index (χ0v) is 14.8. The van der Waals surface area contributed by atoms with E-state index in [1.54, 1.807) is 11.3 Å². The van der Waals surface area contributed by atoms with Crippen molar-refractivity contribution in [3.63, 3.8) is 0 Å². The number of anilines is 1. The first kappa shape index (κ1) is 16.4. The van der Waals surface area contributed by atoms with Gasteiger partial charge in [0.05, 0.1) is 11.4 Å². The number of hydrogen-bond acceptors (Lipinski definition) is 4. The van der Waals surface area contributed by atoms with Crippen LogP contribution in [-0.4, -0.2) is 10.7 Å². The van der Waals surface area contributed by atoms with Gasteiger partial charge in [-0.25, -0.2) is 4.98 Å². The summed E-state index contributed by atoms with van der Waals surface area (Å²) in [5.74, 6) is 0. The first-order valence-corrected chi connectivity index (χ1v) is 9.05. The number of benzene rings is 2. The second kappa shape index (κ2) is 7.88. The zero-order valence-electron chi connectivity index (χ0n) is 14.0. The lowest BCUT2D eigenvalue weighted by molar-refractivity contribution is 0.987. The molecule has 2 aromatic carbocycles. The largest absolute Gasteiger partial charge is 0.252 e. The molecule has 1 heterocycles. The van der Waals surface area contributed by atoms with E-state index in [4.69, 9.17) is 0 Å². The van der Waals surface area contributed by atoms with Crippen LogP contribution < -0.4 is 5.43 Å². The van der Waals surface area contributed by atoms with Crippen LogP contribution in [0.1, 0.15) is 30.9 Å². The van der Waals surface area contributed by atoms with Crippen LogP contribution >= 0.6 is 11.3 Å². The fraction of sp³-hybridized carbons (Fsp3) is 0.200. The molecular formula is C20H21N3S. The molecular weight excluding hydrogens is 314 g/mol. The zero-order chi connectivity index (χ0) is 16.8. The van der Waals surface area contributed by atoms with Crippen molar-refractivity contribution < 1.29 is 0 Å². The number of hydrogen-bond donors (Lipinski definition) is 1. The van der Waals surface area contributed by atoms with Gasteiger partial charge in [-0.2, -0.15) is 5.10 Å². The minimum absolute atomic E-state index is 0.815. The number of aromatic nitrogens is 1. The molecule has 4 heteroatoms. The van der Waals surface area contributed by atoms with Gasteiger partial charge in [-0.15, -0.1) is 11.3 Å². The summed E-state index contributed by atoms with van der Waals surface area (Å²) >= 11 is 1.57. The van der Waals surface area contributed by atoms with E-state index in [0.29, 0.717) is 0 Å². The molecule has 3 aromatic rings. The summed E-state index contributed by atoms with van der Waals surface area (Å²) in [6.45, 7) is 4.25. The van der Waals surface area contributed by atoms with Crippen molar-refractivity contribution in [1.82, 2.24) is 4.98 Å². The molecule has 0 unspecified atom stereocenters. The number of thiazole rings is 1. The Bertz CT molecular complexity index is 804. The molecule has 0 radical (unpaired) electrons. The molecule has 0 fully saturated rings. The minimum atomic E-state index is 0.815.